The zero-order valence-electron chi connectivity index (χ0n) is 13.7. The van der Waals surface area contributed by atoms with E-state index in [1.165, 1.54) is 0 Å². The zero-order chi connectivity index (χ0) is 16.4. The summed E-state index contributed by atoms with van der Waals surface area (Å²) in [5, 5.41) is 0.694. The van der Waals surface area contributed by atoms with E-state index in [1.807, 2.05) is 56.6 Å². The Morgan fingerprint density at radius 2 is 1.78 bits per heavy atom. The first-order valence-electron chi connectivity index (χ1n) is 8.07. The van der Waals surface area contributed by atoms with Gasteiger partial charge >= 0.3 is 0 Å². The highest BCUT2D eigenvalue weighted by Gasteiger charge is 2.44. The van der Waals surface area contributed by atoms with Gasteiger partial charge in [-0.2, -0.15) is 0 Å². The van der Waals surface area contributed by atoms with Crippen molar-refractivity contribution >= 4 is 17.4 Å². The summed E-state index contributed by atoms with van der Waals surface area (Å²) in [4.78, 5) is 15.6. The molecule has 3 rings (SSSR count). The molecule has 0 bridgehead atoms. The van der Waals surface area contributed by atoms with Gasteiger partial charge in [0.1, 0.15) is 0 Å². The largest absolute Gasteiger partial charge is 0.309 e. The van der Waals surface area contributed by atoms with Crippen molar-refractivity contribution < 1.29 is 4.79 Å². The van der Waals surface area contributed by atoms with Crippen molar-refractivity contribution in [3.63, 3.8) is 0 Å². The Bertz CT molecular complexity index is 725. The number of fused-ring (bicyclic) bond motifs is 1. The average molecular weight is 328 g/mol. The standard InChI is InChI=1S/C20H22ClNO/c1-22(2)14-13-20(17-9-5-6-10-18(17)21)12-11-15-7-3-4-8-16(15)19(20)23/h3-10H,11-14H2,1-2H3. The maximum absolute atomic E-state index is 13.4. The second-order valence-electron chi connectivity index (χ2n) is 6.60. The molecule has 0 N–H and O–H groups in total. The summed E-state index contributed by atoms with van der Waals surface area (Å²) in [6.07, 6.45) is 2.53. The highest BCUT2D eigenvalue weighted by atomic mass is 35.5. The van der Waals surface area contributed by atoms with E-state index in [2.05, 4.69) is 11.0 Å². The number of nitrogens with zero attached hydrogens (tertiary/aromatic N) is 1. The summed E-state index contributed by atoms with van der Waals surface area (Å²) in [6, 6.07) is 15.8. The minimum absolute atomic E-state index is 0.217. The molecule has 0 aliphatic heterocycles. The fraction of sp³-hybridized carbons (Fsp3) is 0.350. The molecule has 1 atom stereocenters. The minimum atomic E-state index is -0.517. The van der Waals surface area contributed by atoms with Gasteiger partial charge in [-0.3, -0.25) is 4.79 Å². The molecule has 0 heterocycles. The smallest absolute Gasteiger partial charge is 0.173 e. The van der Waals surface area contributed by atoms with Crippen LogP contribution in [0.1, 0.15) is 34.3 Å². The number of carbonyl (C=O) groups is 1. The number of hydrogen-bond acceptors (Lipinski definition) is 2. The fourth-order valence-corrected chi connectivity index (χ4v) is 3.89. The van der Waals surface area contributed by atoms with E-state index >= 15 is 0 Å². The lowest BCUT2D eigenvalue weighted by Crippen LogP contribution is -2.42. The summed E-state index contributed by atoms with van der Waals surface area (Å²) in [7, 11) is 4.09. The Labute approximate surface area is 143 Å². The van der Waals surface area contributed by atoms with Gasteiger partial charge in [-0.1, -0.05) is 54.1 Å². The average Bonchev–Trinajstić information content (AvgIpc) is 2.55. The van der Waals surface area contributed by atoms with E-state index in [9.17, 15) is 4.79 Å². The molecular weight excluding hydrogens is 306 g/mol. The molecule has 2 aromatic carbocycles. The van der Waals surface area contributed by atoms with Crippen molar-refractivity contribution in [2.45, 2.75) is 24.7 Å². The van der Waals surface area contributed by atoms with Crippen LogP contribution in [0.4, 0.5) is 0 Å². The molecule has 0 amide bonds. The molecule has 23 heavy (non-hydrogen) atoms. The van der Waals surface area contributed by atoms with Crippen molar-refractivity contribution in [2.75, 3.05) is 20.6 Å². The molecule has 0 saturated carbocycles. The predicted octanol–water partition coefficient (Wildman–Crippen LogP) is 4.36. The van der Waals surface area contributed by atoms with E-state index in [1.54, 1.807) is 0 Å². The fourth-order valence-electron chi connectivity index (χ4n) is 3.57. The molecule has 0 radical (unpaired) electrons. The number of Topliss-reactive ketones (excluding diaryl/α,β-unsaturated/α-hetero) is 1. The van der Waals surface area contributed by atoms with Gasteiger partial charge in [0.2, 0.25) is 0 Å². The van der Waals surface area contributed by atoms with Crippen LogP contribution in [0.15, 0.2) is 48.5 Å². The van der Waals surface area contributed by atoms with Crippen LogP contribution in [-0.4, -0.2) is 31.3 Å². The van der Waals surface area contributed by atoms with Gasteiger partial charge in [0, 0.05) is 10.6 Å². The summed E-state index contributed by atoms with van der Waals surface area (Å²) in [6.45, 7) is 0.860. The molecule has 0 aromatic heterocycles. The molecule has 2 aromatic rings. The topological polar surface area (TPSA) is 20.3 Å². The van der Waals surface area contributed by atoms with Crippen LogP contribution in [0.5, 0.6) is 0 Å². The monoisotopic (exact) mass is 327 g/mol. The number of rotatable bonds is 4. The van der Waals surface area contributed by atoms with Crippen molar-refractivity contribution in [2.24, 2.45) is 0 Å². The Morgan fingerprint density at radius 3 is 2.52 bits per heavy atom. The molecule has 1 aliphatic rings. The minimum Gasteiger partial charge on any atom is -0.309 e. The number of halogens is 1. The van der Waals surface area contributed by atoms with Crippen molar-refractivity contribution in [1.29, 1.82) is 0 Å². The predicted molar refractivity (Wildman–Crippen MR) is 95.4 cm³/mol. The molecular formula is C20H22ClNO. The zero-order valence-corrected chi connectivity index (χ0v) is 14.4. The van der Waals surface area contributed by atoms with Gasteiger partial charge in [0.05, 0.1) is 5.41 Å². The molecule has 0 fully saturated rings. The highest BCUT2D eigenvalue weighted by Crippen LogP contribution is 2.43. The van der Waals surface area contributed by atoms with Gasteiger partial charge in [0.25, 0.3) is 0 Å². The number of hydrogen-bond donors (Lipinski definition) is 0. The first-order valence-corrected chi connectivity index (χ1v) is 8.45. The molecule has 0 saturated heterocycles. The van der Waals surface area contributed by atoms with Crippen LogP contribution in [0.25, 0.3) is 0 Å². The van der Waals surface area contributed by atoms with Gasteiger partial charge < -0.3 is 4.90 Å². The third kappa shape index (κ3) is 2.93. The Morgan fingerprint density at radius 1 is 1.09 bits per heavy atom. The number of ketones is 1. The molecule has 0 spiro atoms. The lowest BCUT2D eigenvalue weighted by atomic mass is 9.64. The summed E-state index contributed by atoms with van der Waals surface area (Å²) in [5.74, 6) is 0.217. The second kappa shape index (κ2) is 6.46. The van der Waals surface area contributed by atoms with Crippen LogP contribution in [0.3, 0.4) is 0 Å². The van der Waals surface area contributed by atoms with Gasteiger partial charge in [-0.15, -0.1) is 0 Å². The van der Waals surface area contributed by atoms with Gasteiger partial charge in [-0.25, -0.2) is 0 Å². The van der Waals surface area contributed by atoms with E-state index in [4.69, 9.17) is 11.6 Å². The number of aryl methyl sites for hydroxylation is 1. The number of carbonyl (C=O) groups excluding carboxylic acids is 1. The van der Waals surface area contributed by atoms with Crippen LogP contribution in [0.2, 0.25) is 5.02 Å². The summed E-state index contributed by atoms with van der Waals surface area (Å²) >= 11 is 6.49. The van der Waals surface area contributed by atoms with Gasteiger partial charge in [0.15, 0.2) is 5.78 Å². The Kier molecular flexibility index (Phi) is 4.56. The van der Waals surface area contributed by atoms with Crippen molar-refractivity contribution in [1.82, 2.24) is 4.90 Å². The molecule has 1 aliphatic carbocycles. The van der Waals surface area contributed by atoms with E-state index in [-0.39, 0.29) is 5.78 Å². The van der Waals surface area contributed by atoms with Crippen LogP contribution in [0, 0.1) is 0 Å². The molecule has 120 valence electrons. The second-order valence-corrected chi connectivity index (χ2v) is 7.01. The van der Waals surface area contributed by atoms with Crippen LogP contribution < -0.4 is 0 Å². The molecule has 3 heteroatoms. The molecule has 1 unspecified atom stereocenters. The van der Waals surface area contributed by atoms with E-state index in [0.29, 0.717) is 5.02 Å². The lowest BCUT2D eigenvalue weighted by molar-refractivity contribution is 0.0840. The van der Waals surface area contributed by atoms with Crippen LogP contribution >= 0.6 is 11.6 Å². The summed E-state index contributed by atoms with van der Waals surface area (Å²) in [5.41, 5.74) is 2.47. The Balaban J connectivity index is 2.11. The highest BCUT2D eigenvalue weighted by molar-refractivity contribution is 6.32. The normalized spacial score (nSPS) is 20.6. The first kappa shape index (κ1) is 16.2. The van der Waals surface area contributed by atoms with Crippen molar-refractivity contribution in [3.8, 4) is 0 Å². The van der Waals surface area contributed by atoms with E-state index < -0.39 is 5.41 Å². The lowest BCUT2D eigenvalue weighted by Gasteiger charge is -2.38. The summed E-state index contributed by atoms with van der Waals surface area (Å²) < 4.78 is 0. The number of benzene rings is 2. The maximum Gasteiger partial charge on any atom is 0.173 e. The van der Waals surface area contributed by atoms with Crippen molar-refractivity contribution in [3.05, 3.63) is 70.2 Å². The molecule has 2 nitrogen and oxygen atoms in total. The van der Waals surface area contributed by atoms with E-state index in [0.717, 1.165) is 42.5 Å². The SMILES string of the molecule is CN(C)CCC1(c2ccccc2Cl)CCc2ccccc2C1=O. The third-order valence-electron chi connectivity index (χ3n) is 4.89. The Hall–Kier alpha value is -1.64. The van der Waals surface area contributed by atoms with Gasteiger partial charge in [-0.05, 0) is 57.1 Å². The first-order chi connectivity index (χ1) is 11.0. The maximum atomic E-state index is 13.4. The third-order valence-corrected chi connectivity index (χ3v) is 5.22. The quantitative estimate of drug-likeness (QED) is 0.831. The van der Waals surface area contributed by atoms with Crippen LogP contribution in [-0.2, 0) is 11.8 Å².